The van der Waals surface area contributed by atoms with Crippen molar-refractivity contribution in [1.29, 1.82) is 0 Å². The number of aryl methyl sites for hydroxylation is 3. The van der Waals surface area contributed by atoms with Gasteiger partial charge in [0.2, 0.25) is 11.8 Å². The van der Waals surface area contributed by atoms with E-state index in [-0.39, 0.29) is 17.9 Å². The minimum absolute atomic E-state index is 0.0516. The topological polar surface area (TPSA) is 61.4 Å². The van der Waals surface area contributed by atoms with Crippen molar-refractivity contribution < 1.29 is 9.59 Å². The zero-order valence-corrected chi connectivity index (χ0v) is 17.1. The van der Waals surface area contributed by atoms with Crippen LogP contribution in [0.4, 0.5) is 5.69 Å². The predicted molar refractivity (Wildman–Crippen MR) is 112 cm³/mol. The summed E-state index contributed by atoms with van der Waals surface area (Å²) < 4.78 is 0. The van der Waals surface area contributed by atoms with Gasteiger partial charge < -0.3 is 15.5 Å². The normalized spacial score (nSPS) is 17.6. The van der Waals surface area contributed by atoms with Crippen LogP contribution in [0.25, 0.3) is 0 Å². The first kappa shape index (κ1) is 20.1. The molecule has 2 amide bonds. The number of likely N-dealkylation sites (N-methyl/N-ethyl adjacent to an activating group) is 1. The summed E-state index contributed by atoms with van der Waals surface area (Å²) in [5.74, 6) is -0.205. The number of anilines is 1. The average Bonchev–Trinajstić information content (AvgIpc) is 2.82. The lowest BCUT2D eigenvalue weighted by Gasteiger charge is -2.28. The number of nitrogens with one attached hydrogen (secondary N) is 2. The molecule has 0 bridgehead atoms. The zero-order valence-electron chi connectivity index (χ0n) is 17.1. The van der Waals surface area contributed by atoms with Gasteiger partial charge in [0.15, 0.2) is 0 Å². The van der Waals surface area contributed by atoms with Crippen LogP contribution in [-0.4, -0.2) is 30.9 Å². The Hall–Kier alpha value is -2.66. The van der Waals surface area contributed by atoms with E-state index in [1.165, 1.54) is 11.1 Å². The summed E-state index contributed by atoms with van der Waals surface area (Å²) in [6, 6.07) is 13.4. The number of para-hydroxylation sites is 1. The molecule has 1 aliphatic heterocycles. The van der Waals surface area contributed by atoms with Crippen LogP contribution in [0.3, 0.4) is 0 Å². The summed E-state index contributed by atoms with van der Waals surface area (Å²) in [4.78, 5) is 27.7. The second-order valence-electron chi connectivity index (χ2n) is 7.53. The number of nitrogens with zero attached hydrogens (tertiary/aromatic N) is 1. The molecule has 2 aromatic carbocycles. The predicted octanol–water partition coefficient (Wildman–Crippen LogP) is 2.88. The zero-order chi connectivity index (χ0) is 20.3. The van der Waals surface area contributed by atoms with Crippen molar-refractivity contribution in [2.24, 2.45) is 0 Å². The van der Waals surface area contributed by atoms with Gasteiger partial charge >= 0.3 is 0 Å². The Kier molecular flexibility index (Phi) is 6.15. The average molecular weight is 380 g/mol. The monoisotopic (exact) mass is 379 g/mol. The molecule has 0 fully saturated rings. The smallest absolute Gasteiger partial charge is 0.249 e. The Morgan fingerprint density at radius 2 is 1.82 bits per heavy atom. The van der Waals surface area contributed by atoms with E-state index in [1.54, 1.807) is 14.0 Å². The lowest BCUT2D eigenvalue weighted by molar-refractivity contribution is -0.128. The van der Waals surface area contributed by atoms with Crippen LogP contribution in [0.2, 0.25) is 0 Å². The molecule has 1 unspecified atom stereocenters. The van der Waals surface area contributed by atoms with Gasteiger partial charge in [0.25, 0.3) is 0 Å². The number of carbonyl (C=O) groups is 2. The number of rotatable bonds is 5. The number of fused-ring (bicyclic) bond motifs is 1. The van der Waals surface area contributed by atoms with E-state index in [4.69, 9.17) is 0 Å². The third-order valence-corrected chi connectivity index (χ3v) is 5.65. The van der Waals surface area contributed by atoms with E-state index < -0.39 is 6.04 Å². The van der Waals surface area contributed by atoms with Gasteiger partial charge in [-0.15, -0.1) is 0 Å². The van der Waals surface area contributed by atoms with E-state index in [9.17, 15) is 9.59 Å². The molecule has 3 rings (SSSR count). The summed E-state index contributed by atoms with van der Waals surface area (Å²) in [6.07, 6.45) is 1.35. The van der Waals surface area contributed by atoms with Crippen LogP contribution in [0.1, 0.15) is 35.6 Å². The Bertz CT molecular complexity index is 858. The lowest BCUT2D eigenvalue weighted by Crippen LogP contribution is -2.52. The van der Waals surface area contributed by atoms with Gasteiger partial charge in [-0.3, -0.25) is 9.59 Å². The first-order chi connectivity index (χ1) is 13.4. The van der Waals surface area contributed by atoms with Gasteiger partial charge in [-0.2, -0.15) is 0 Å². The van der Waals surface area contributed by atoms with Gasteiger partial charge in [0.05, 0.1) is 12.6 Å². The molecular weight excluding hydrogens is 350 g/mol. The van der Waals surface area contributed by atoms with E-state index in [1.807, 2.05) is 29.2 Å². The van der Waals surface area contributed by atoms with Crippen molar-refractivity contribution in [3.8, 4) is 0 Å². The molecular formula is C23H29N3O2. The van der Waals surface area contributed by atoms with E-state index in [0.717, 1.165) is 23.2 Å². The number of carbonyl (C=O) groups excluding carboxylic acids is 2. The number of benzene rings is 2. The lowest BCUT2D eigenvalue weighted by atomic mass is 10.0. The van der Waals surface area contributed by atoms with Crippen molar-refractivity contribution in [1.82, 2.24) is 10.6 Å². The number of amides is 2. The summed E-state index contributed by atoms with van der Waals surface area (Å²) in [7, 11) is 1.74. The molecule has 0 aromatic heterocycles. The molecule has 1 aliphatic rings. The Labute approximate surface area is 167 Å². The molecule has 0 spiro atoms. The summed E-state index contributed by atoms with van der Waals surface area (Å²) in [6.45, 7) is 6.44. The second-order valence-corrected chi connectivity index (χ2v) is 7.53. The molecule has 0 radical (unpaired) electrons. The molecule has 0 saturated carbocycles. The molecule has 2 N–H and O–H groups in total. The van der Waals surface area contributed by atoms with Crippen molar-refractivity contribution in [3.63, 3.8) is 0 Å². The Balaban J connectivity index is 1.96. The minimum atomic E-state index is -0.528. The van der Waals surface area contributed by atoms with Crippen LogP contribution in [0.5, 0.6) is 0 Å². The van der Waals surface area contributed by atoms with Crippen LogP contribution < -0.4 is 15.5 Å². The molecule has 0 saturated heterocycles. The molecule has 5 nitrogen and oxygen atoms in total. The molecule has 2 aromatic rings. The fraction of sp³-hybridized carbons (Fsp3) is 0.391. The van der Waals surface area contributed by atoms with E-state index >= 15 is 0 Å². The minimum Gasteiger partial charge on any atom is -0.343 e. The summed E-state index contributed by atoms with van der Waals surface area (Å²) in [5.41, 5.74) is 5.56. The van der Waals surface area contributed by atoms with Gasteiger partial charge in [0.1, 0.15) is 6.04 Å². The third kappa shape index (κ3) is 4.09. The van der Waals surface area contributed by atoms with Crippen molar-refractivity contribution >= 4 is 17.5 Å². The highest BCUT2D eigenvalue weighted by Crippen LogP contribution is 2.29. The van der Waals surface area contributed by atoms with Crippen molar-refractivity contribution in [2.45, 2.75) is 52.2 Å². The summed E-state index contributed by atoms with van der Waals surface area (Å²) >= 11 is 0. The second kappa shape index (κ2) is 8.57. The van der Waals surface area contributed by atoms with Crippen LogP contribution in [0, 0.1) is 13.8 Å². The SMILES string of the molecule is CNC(C)C(=O)N[C@H]1CCc2ccccc2N(Cc2c(C)cccc2C)C1=O. The quantitative estimate of drug-likeness (QED) is 0.840. The van der Waals surface area contributed by atoms with Crippen LogP contribution >= 0.6 is 0 Å². The van der Waals surface area contributed by atoms with E-state index in [0.29, 0.717) is 13.0 Å². The standard InChI is InChI=1S/C23H29N3O2/c1-15-8-7-9-16(2)19(15)14-26-21-11-6-5-10-18(21)12-13-20(23(26)28)25-22(27)17(3)24-4/h5-11,17,20,24H,12-14H2,1-4H3,(H,25,27)/t17?,20-/m0/s1. The summed E-state index contributed by atoms with van der Waals surface area (Å²) in [5, 5.41) is 5.88. The molecule has 0 aliphatic carbocycles. The maximum absolute atomic E-state index is 13.5. The highest BCUT2D eigenvalue weighted by atomic mass is 16.2. The Morgan fingerprint density at radius 1 is 1.14 bits per heavy atom. The van der Waals surface area contributed by atoms with Gasteiger partial charge in [-0.1, -0.05) is 36.4 Å². The van der Waals surface area contributed by atoms with Crippen LogP contribution in [-0.2, 0) is 22.6 Å². The molecule has 5 heteroatoms. The fourth-order valence-electron chi connectivity index (χ4n) is 3.70. The maximum atomic E-state index is 13.5. The highest BCUT2D eigenvalue weighted by Gasteiger charge is 2.32. The number of hydrogen-bond donors (Lipinski definition) is 2. The van der Waals surface area contributed by atoms with Crippen LogP contribution in [0.15, 0.2) is 42.5 Å². The van der Waals surface area contributed by atoms with Gasteiger partial charge in [-0.05, 0) is 69.0 Å². The molecule has 1 heterocycles. The number of hydrogen-bond acceptors (Lipinski definition) is 3. The van der Waals surface area contributed by atoms with E-state index in [2.05, 4.69) is 42.7 Å². The van der Waals surface area contributed by atoms with Gasteiger partial charge in [0, 0.05) is 5.69 Å². The van der Waals surface area contributed by atoms with Gasteiger partial charge in [-0.25, -0.2) is 0 Å². The fourth-order valence-corrected chi connectivity index (χ4v) is 3.70. The van der Waals surface area contributed by atoms with Crippen molar-refractivity contribution in [3.05, 3.63) is 64.7 Å². The molecule has 28 heavy (non-hydrogen) atoms. The first-order valence-corrected chi connectivity index (χ1v) is 9.84. The largest absolute Gasteiger partial charge is 0.343 e. The molecule has 148 valence electrons. The Morgan fingerprint density at radius 3 is 2.50 bits per heavy atom. The first-order valence-electron chi connectivity index (χ1n) is 9.84. The highest BCUT2D eigenvalue weighted by molar-refractivity contribution is 6.00. The maximum Gasteiger partial charge on any atom is 0.249 e. The third-order valence-electron chi connectivity index (χ3n) is 5.65. The van der Waals surface area contributed by atoms with Crippen molar-refractivity contribution in [2.75, 3.05) is 11.9 Å². The molecule has 2 atom stereocenters.